The molecular weight excluding hydrogens is 370 g/mol. The van der Waals surface area contributed by atoms with Crippen molar-refractivity contribution in [2.45, 2.75) is 6.92 Å². The molecule has 0 radical (unpaired) electrons. The molecule has 22 heavy (non-hydrogen) atoms. The molecule has 0 fully saturated rings. The minimum Gasteiger partial charge on any atom is -0.307 e. The molecule has 114 valence electrons. The van der Waals surface area contributed by atoms with E-state index in [1.54, 1.807) is 36.4 Å². The maximum atomic E-state index is 11.9. The number of benzene rings is 2. The van der Waals surface area contributed by atoms with Crippen LogP contribution in [0.2, 0.25) is 5.02 Å². The highest BCUT2D eigenvalue weighted by Gasteiger charge is 2.08. The minimum absolute atomic E-state index is 0.410. The number of anilines is 1. The van der Waals surface area contributed by atoms with E-state index in [9.17, 15) is 9.59 Å². The van der Waals surface area contributed by atoms with Gasteiger partial charge >= 0.3 is 6.03 Å². The van der Waals surface area contributed by atoms with E-state index in [1.165, 1.54) is 0 Å². The van der Waals surface area contributed by atoms with Gasteiger partial charge in [0.25, 0.3) is 5.91 Å². The highest BCUT2D eigenvalue weighted by molar-refractivity contribution is 9.10. The fraction of sp³-hybridized carbons (Fsp3) is 0.0667. The number of carbonyl (C=O) groups excluding carboxylic acids is 2. The summed E-state index contributed by atoms with van der Waals surface area (Å²) in [5.41, 5.74) is 6.63. The molecule has 0 unspecified atom stereocenters. The zero-order valence-corrected chi connectivity index (χ0v) is 14.0. The molecule has 2 aromatic rings. The summed E-state index contributed by atoms with van der Waals surface area (Å²) in [5, 5.41) is 3.14. The Balaban J connectivity index is 1.88. The predicted octanol–water partition coefficient (Wildman–Crippen LogP) is 3.88. The molecule has 0 aromatic heterocycles. The number of hydrazine groups is 1. The van der Waals surface area contributed by atoms with Gasteiger partial charge in [-0.3, -0.25) is 10.2 Å². The van der Waals surface area contributed by atoms with Crippen LogP contribution >= 0.6 is 27.5 Å². The van der Waals surface area contributed by atoms with Crippen molar-refractivity contribution in [2.75, 3.05) is 5.32 Å². The van der Waals surface area contributed by atoms with E-state index in [1.807, 2.05) is 13.0 Å². The molecule has 7 heteroatoms. The van der Waals surface area contributed by atoms with Crippen molar-refractivity contribution >= 4 is 45.2 Å². The zero-order chi connectivity index (χ0) is 16.1. The van der Waals surface area contributed by atoms with E-state index in [2.05, 4.69) is 32.1 Å². The molecule has 0 spiro atoms. The molecule has 2 aromatic carbocycles. The Labute approximate surface area is 141 Å². The summed E-state index contributed by atoms with van der Waals surface area (Å²) in [7, 11) is 0. The van der Waals surface area contributed by atoms with Crippen LogP contribution in [0.1, 0.15) is 15.9 Å². The molecule has 0 aliphatic heterocycles. The number of hydrogen-bond acceptors (Lipinski definition) is 2. The van der Waals surface area contributed by atoms with E-state index in [0.717, 1.165) is 10.0 Å². The lowest BCUT2D eigenvalue weighted by Crippen LogP contribution is -2.43. The standard InChI is InChI=1S/C15H13BrClN3O2/c1-9-2-3-10(8-13(9)16)14(21)19-20-15(22)18-12-6-4-11(17)5-7-12/h2-8H,1H3,(H,19,21)(H2,18,20,22). The van der Waals surface area contributed by atoms with Crippen molar-refractivity contribution in [1.82, 2.24) is 10.9 Å². The number of hydrogen-bond donors (Lipinski definition) is 3. The van der Waals surface area contributed by atoms with Gasteiger partial charge in [-0.25, -0.2) is 10.2 Å². The van der Waals surface area contributed by atoms with Crippen molar-refractivity contribution in [2.24, 2.45) is 0 Å². The van der Waals surface area contributed by atoms with E-state index < -0.39 is 11.9 Å². The zero-order valence-electron chi connectivity index (χ0n) is 11.6. The van der Waals surface area contributed by atoms with Crippen LogP contribution in [-0.4, -0.2) is 11.9 Å². The van der Waals surface area contributed by atoms with Crippen molar-refractivity contribution < 1.29 is 9.59 Å². The monoisotopic (exact) mass is 381 g/mol. The molecule has 0 saturated carbocycles. The molecule has 0 atom stereocenters. The molecule has 0 aliphatic carbocycles. The van der Waals surface area contributed by atoms with Gasteiger partial charge in [0.2, 0.25) is 0 Å². The SMILES string of the molecule is Cc1ccc(C(=O)NNC(=O)Nc2ccc(Cl)cc2)cc1Br. The van der Waals surface area contributed by atoms with Gasteiger partial charge in [0.1, 0.15) is 0 Å². The first-order valence-electron chi connectivity index (χ1n) is 6.35. The fourth-order valence-corrected chi connectivity index (χ4v) is 2.12. The van der Waals surface area contributed by atoms with Crippen molar-refractivity contribution in [3.8, 4) is 0 Å². The summed E-state index contributed by atoms with van der Waals surface area (Å²) in [6, 6.07) is 11.2. The highest BCUT2D eigenvalue weighted by atomic mass is 79.9. The van der Waals surface area contributed by atoms with Crippen molar-refractivity contribution in [3.63, 3.8) is 0 Å². The van der Waals surface area contributed by atoms with Crippen LogP contribution in [0.4, 0.5) is 10.5 Å². The average molecular weight is 383 g/mol. The van der Waals surface area contributed by atoms with Gasteiger partial charge in [-0.05, 0) is 48.9 Å². The smallest absolute Gasteiger partial charge is 0.307 e. The quantitative estimate of drug-likeness (QED) is 0.690. The van der Waals surface area contributed by atoms with Crippen LogP contribution < -0.4 is 16.2 Å². The number of rotatable bonds is 2. The van der Waals surface area contributed by atoms with Crippen LogP contribution in [-0.2, 0) is 0 Å². The normalized spacial score (nSPS) is 9.95. The summed E-state index contributed by atoms with van der Waals surface area (Å²) in [6.07, 6.45) is 0. The Morgan fingerprint density at radius 2 is 1.73 bits per heavy atom. The molecule has 0 heterocycles. The maximum Gasteiger partial charge on any atom is 0.337 e. The van der Waals surface area contributed by atoms with Gasteiger partial charge in [-0.1, -0.05) is 33.6 Å². The largest absolute Gasteiger partial charge is 0.337 e. The fourth-order valence-electron chi connectivity index (χ4n) is 1.62. The average Bonchev–Trinajstić information content (AvgIpc) is 2.50. The first kappa shape index (κ1) is 16.3. The number of nitrogens with one attached hydrogen (secondary N) is 3. The number of halogens is 2. The lowest BCUT2D eigenvalue weighted by molar-refractivity contribution is 0.0938. The van der Waals surface area contributed by atoms with E-state index >= 15 is 0 Å². The van der Waals surface area contributed by atoms with Gasteiger partial charge in [-0.15, -0.1) is 0 Å². The first-order chi connectivity index (χ1) is 10.5. The molecular formula is C15H13BrClN3O2. The van der Waals surface area contributed by atoms with Gasteiger partial charge < -0.3 is 5.32 Å². The van der Waals surface area contributed by atoms with Gasteiger partial charge in [0.15, 0.2) is 0 Å². The van der Waals surface area contributed by atoms with Crippen LogP contribution in [0.15, 0.2) is 46.9 Å². The topological polar surface area (TPSA) is 70.2 Å². The minimum atomic E-state index is -0.554. The van der Waals surface area contributed by atoms with Crippen molar-refractivity contribution in [1.29, 1.82) is 0 Å². The Bertz CT molecular complexity index is 704. The van der Waals surface area contributed by atoms with Crippen molar-refractivity contribution in [3.05, 3.63) is 63.1 Å². The third kappa shape index (κ3) is 4.47. The van der Waals surface area contributed by atoms with E-state index in [0.29, 0.717) is 16.3 Å². The van der Waals surface area contributed by atoms with Gasteiger partial charge in [0.05, 0.1) is 0 Å². The Kier molecular flexibility index (Phi) is 5.41. The lowest BCUT2D eigenvalue weighted by atomic mass is 10.1. The Hall–Kier alpha value is -2.05. The van der Waals surface area contributed by atoms with Gasteiger partial charge in [0, 0.05) is 20.7 Å². The summed E-state index contributed by atoms with van der Waals surface area (Å²) in [5.74, 6) is -0.410. The second-order valence-corrected chi connectivity index (χ2v) is 5.79. The summed E-state index contributed by atoms with van der Waals surface area (Å²) < 4.78 is 0.825. The second kappa shape index (κ2) is 7.29. The number of urea groups is 1. The lowest BCUT2D eigenvalue weighted by Gasteiger charge is -2.09. The number of aryl methyl sites for hydroxylation is 1. The maximum absolute atomic E-state index is 11.9. The first-order valence-corrected chi connectivity index (χ1v) is 7.52. The molecule has 5 nitrogen and oxygen atoms in total. The third-order valence-electron chi connectivity index (χ3n) is 2.83. The Morgan fingerprint density at radius 1 is 1.05 bits per heavy atom. The van der Waals surface area contributed by atoms with Crippen LogP contribution in [0.3, 0.4) is 0 Å². The molecule has 0 saturated heterocycles. The highest BCUT2D eigenvalue weighted by Crippen LogP contribution is 2.17. The molecule has 3 amide bonds. The number of amides is 3. The summed E-state index contributed by atoms with van der Waals surface area (Å²) in [6.45, 7) is 1.92. The Morgan fingerprint density at radius 3 is 2.36 bits per heavy atom. The van der Waals surface area contributed by atoms with Crippen LogP contribution in [0, 0.1) is 6.92 Å². The van der Waals surface area contributed by atoms with E-state index in [4.69, 9.17) is 11.6 Å². The summed E-state index contributed by atoms with van der Waals surface area (Å²) >= 11 is 9.11. The van der Waals surface area contributed by atoms with Crippen LogP contribution in [0.25, 0.3) is 0 Å². The second-order valence-electron chi connectivity index (χ2n) is 4.50. The molecule has 3 N–H and O–H groups in total. The molecule has 0 aliphatic rings. The number of carbonyl (C=O) groups is 2. The predicted molar refractivity (Wildman–Crippen MR) is 90.0 cm³/mol. The molecule has 2 rings (SSSR count). The van der Waals surface area contributed by atoms with E-state index in [-0.39, 0.29) is 0 Å². The summed E-state index contributed by atoms with van der Waals surface area (Å²) in [4.78, 5) is 23.6. The third-order valence-corrected chi connectivity index (χ3v) is 3.93. The molecule has 0 bridgehead atoms. The van der Waals surface area contributed by atoms with Gasteiger partial charge in [-0.2, -0.15) is 0 Å². The van der Waals surface area contributed by atoms with Crippen LogP contribution in [0.5, 0.6) is 0 Å².